The van der Waals surface area contributed by atoms with Crippen molar-refractivity contribution < 1.29 is 28.1 Å². The zero-order valence-electron chi connectivity index (χ0n) is 12.8. The fraction of sp³-hybridized carbons (Fsp3) is 0. The molecule has 0 saturated carbocycles. The molecular weight excluding hydrogens is 384 g/mol. The molecule has 0 fully saturated rings. The van der Waals surface area contributed by atoms with Crippen LogP contribution < -0.4 is 19.8 Å². The molecule has 136 valence electrons. The van der Waals surface area contributed by atoms with Crippen LogP contribution >= 0.6 is 0 Å². The highest BCUT2D eigenvalue weighted by atomic mass is 16.6. The average Bonchev–Trinajstić information content (AvgIpc) is 3.49. The molecule has 0 unspecified atom stereocenters. The minimum atomic E-state index is -0.0714. The Labute approximate surface area is 147 Å². The molecule has 0 atom stereocenters. The molecule has 0 aromatic carbocycles. The van der Waals surface area contributed by atoms with E-state index in [2.05, 4.69) is 90.4 Å². The molecule has 6 heterocycles. The van der Waals surface area contributed by atoms with Gasteiger partial charge in [0, 0.05) is 10.3 Å². The van der Waals surface area contributed by atoms with Crippen LogP contribution in [-0.2, 0) is 0 Å². The summed E-state index contributed by atoms with van der Waals surface area (Å²) >= 11 is 0. The van der Waals surface area contributed by atoms with Crippen molar-refractivity contribution >= 4 is 34.2 Å². The number of rotatable bonds is 4. The fourth-order valence-electron chi connectivity index (χ4n) is 2.04. The van der Waals surface area contributed by atoms with Gasteiger partial charge < -0.3 is 9.26 Å². The lowest BCUT2D eigenvalue weighted by Crippen LogP contribution is -2.38. The van der Waals surface area contributed by atoms with Gasteiger partial charge in [0.1, 0.15) is 11.3 Å². The molecule has 20 nitrogen and oxygen atoms in total. The Morgan fingerprint density at radius 1 is 0.571 bits per heavy atom. The van der Waals surface area contributed by atoms with Crippen LogP contribution in [0.25, 0.3) is 34.2 Å². The first-order chi connectivity index (χ1) is 13.8. The summed E-state index contributed by atoms with van der Waals surface area (Å²) in [5.74, 6) is -0.101. The smallest absolute Gasteiger partial charge is 0.312 e. The Balaban J connectivity index is 1.35. The molecule has 6 aromatic rings. The van der Waals surface area contributed by atoms with Crippen LogP contribution in [0.2, 0.25) is 0 Å². The third kappa shape index (κ3) is 2.04. The molecule has 0 aliphatic heterocycles. The van der Waals surface area contributed by atoms with E-state index in [1.807, 2.05) is 0 Å². The average molecular weight is 384 g/mol. The van der Waals surface area contributed by atoms with Gasteiger partial charge in [-0.2, -0.15) is 30.7 Å². The number of hydrogen-bond acceptors (Lipinski definition) is 16. The van der Waals surface area contributed by atoms with Gasteiger partial charge in [-0.05, 0) is 0 Å². The summed E-state index contributed by atoms with van der Waals surface area (Å²) in [6.07, 6.45) is 0. The second-order valence-electron chi connectivity index (χ2n) is 4.82. The highest BCUT2D eigenvalue weighted by molar-refractivity contribution is 5.60. The summed E-state index contributed by atoms with van der Waals surface area (Å²) in [7, 11) is 0. The van der Waals surface area contributed by atoms with Gasteiger partial charge in [0.15, 0.2) is 21.6 Å². The van der Waals surface area contributed by atoms with Crippen LogP contribution in [0.4, 0.5) is 11.6 Å². The van der Waals surface area contributed by atoms with Gasteiger partial charge in [-0.25, -0.2) is 0 Å². The summed E-state index contributed by atoms with van der Waals surface area (Å²) in [6, 6.07) is 0. The molecule has 6 aromatic heterocycles. The number of aromatic nitrogens is 14. The Bertz CT molecular complexity index is 1280. The van der Waals surface area contributed by atoms with E-state index >= 15 is 0 Å². The predicted molar refractivity (Wildman–Crippen MR) is 68.8 cm³/mol. The highest BCUT2D eigenvalue weighted by Gasteiger charge is 2.26. The molecule has 0 aliphatic carbocycles. The van der Waals surface area contributed by atoms with Crippen LogP contribution in [0.15, 0.2) is 28.7 Å². The quantitative estimate of drug-likeness (QED) is 0.220. The van der Waals surface area contributed by atoms with Crippen LogP contribution in [0.5, 0.6) is 0 Å². The van der Waals surface area contributed by atoms with E-state index < -0.39 is 0 Å². The Morgan fingerprint density at radius 3 is 1.50 bits per heavy atom. The maximum Gasteiger partial charge on any atom is 0.445 e. The van der Waals surface area contributed by atoms with E-state index in [0.717, 1.165) is 9.59 Å². The number of azo groups is 1. The topological polar surface area (TPSA) is 242 Å². The third-order valence-corrected chi connectivity index (χ3v) is 3.19. The summed E-state index contributed by atoms with van der Waals surface area (Å²) in [4.78, 5) is 2.10. The number of nitrogens with zero attached hydrogens (tertiary/aromatic N) is 16. The standard InChI is InChI=1S/C8N16O4/c9(5-7(21-27-19-5)23-11-1-2(12-23)16-25-15-1)10-6-8(22-28-20-6)24-13-3-4(14-24)18-26-17-3. The molecular formula is C8N16O4. The highest BCUT2D eigenvalue weighted by Crippen LogP contribution is 2.19. The lowest BCUT2D eigenvalue weighted by molar-refractivity contribution is -0.719. The predicted octanol–water partition coefficient (Wildman–Crippen LogP) is -2.80. The fourth-order valence-corrected chi connectivity index (χ4v) is 2.04. The summed E-state index contributed by atoms with van der Waals surface area (Å²) in [6.45, 7) is 0. The second kappa shape index (κ2) is 5.23. The van der Waals surface area contributed by atoms with Gasteiger partial charge in [-0.15, -0.1) is 29.1 Å². The molecule has 6 rings (SSSR count). The largest absolute Gasteiger partial charge is 0.445 e. The normalized spacial score (nSPS) is 12.1. The molecule has 28 heavy (non-hydrogen) atoms. The van der Waals surface area contributed by atoms with E-state index in [0.29, 0.717) is 0 Å². The lowest BCUT2D eigenvalue weighted by atomic mass is 10.6. The van der Waals surface area contributed by atoms with Gasteiger partial charge in [0.05, 0.1) is 0 Å². The van der Waals surface area contributed by atoms with Crippen LogP contribution in [-0.4, -0.2) is 51.5 Å². The molecule has 0 saturated heterocycles. The van der Waals surface area contributed by atoms with Crippen molar-refractivity contribution in [2.45, 2.75) is 0 Å². The second-order valence-corrected chi connectivity index (χ2v) is 4.82. The van der Waals surface area contributed by atoms with Crippen molar-refractivity contribution in [2.24, 2.45) is 10.2 Å². The first kappa shape index (κ1) is 14.2. The van der Waals surface area contributed by atoms with Crippen molar-refractivity contribution in [3.63, 3.8) is 0 Å². The zero-order valence-corrected chi connectivity index (χ0v) is 12.8. The monoisotopic (exact) mass is 384 g/mol. The van der Waals surface area contributed by atoms with Crippen molar-refractivity contribution in [3.05, 3.63) is 0 Å². The molecule has 0 bridgehead atoms. The SMILES string of the molecule is N(=Nc1nonc1-[n+]1nc2nonc2[n-]1)c1nonc1-[n+]1nc2nonc2[n-]1. The molecule has 0 aliphatic rings. The van der Waals surface area contributed by atoms with Gasteiger partial charge in [0.2, 0.25) is 0 Å². The van der Waals surface area contributed by atoms with Gasteiger partial charge in [-0.1, -0.05) is 10.3 Å². The molecule has 0 N–H and O–H groups in total. The molecule has 0 spiro atoms. The Kier molecular flexibility index (Phi) is 2.64. The first-order valence-corrected chi connectivity index (χ1v) is 7.04. The Morgan fingerprint density at radius 2 is 1.04 bits per heavy atom. The van der Waals surface area contributed by atoms with E-state index in [-0.39, 0.29) is 45.9 Å². The van der Waals surface area contributed by atoms with Crippen molar-refractivity contribution in [2.75, 3.05) is 0 Å². The Hall–Kier alpha value is -5.04. The van der Waals surface area contributed by atoms with Crippen molar-refractivity contribution in [1.29, 1.82) is 0 Å². The molecule has 0 amide bonds. The molecule has 0 radical (unpaired) electrons. The maximum atomic E-state index is 4.65. The summed E-state index contributed by atoms with van der Waals surface area (Å²) < 4.78 is 18.3. The zero-order chi connectivity index (χ0) is 18.5. The lowest BCUT2D eigenvalue weighted by Gasteiger charge is -1.87. The first-order valence-electron chi connectivity index (χ1n) is 7.04. The van der Waals surface area contributed by atoms with E-state index in [1.54, 1.807) is 0 Å². The van der Waals surface area contributed by atoms with Gasteiger partial charge in [0.25, 0.3) is 0 Å². The summed E-state index contributed by atoms with van der Waals surface area (Å²) in [5, 5.41) is 52.4. The van der Waals surface area contributed by atoms with Crippen LogP contribution in [0, 0.1) is 0 Å². The minimum Gasteiger partial charge on any atom is -0.312 e. The van der Waals surface area contributed by atoms with E-state index in [9.17, 15) is 0 Å². The van der Waals surface area contributed by atoms with E-state index in [4.69, 9.17) is 0 Å². The molecule has 20 heteroatoms. The summed E-state index contributed by atoms with van der Waals surface area (Å²) in [5.41, 5.74) is 0.635. The van der Waals surface area contributed by atoms with Crippen molar-refractivity contribution in [1.82, 2.24) is 61.6 Å². The van der Waals surface area contributed by atoms with Gasteiger partial charge >= 0.3 is 23.3 Å². The van der Waals surface area contributed by atoms with Crippen molar-refractivity contribution in [3.8, 4) is 11.6 Å². The van der Waals surface area contributed by atoms with Gasteiger partial charge in [-0.3, -0.25) is 0 Å². The van der Waals surface area contributed by atoms with E-state index in [1.165, 1.54) is 0 Å². The third-order valence-electron chi connectivity index (χ3n) is 3.19. The van der Waals surface area contributed by atoms with Crippen LogP contribution in [0.3, 0.4) is 0 Å². The maximum absolute atomic E-state index is 4.65. The van der Waals surface area contributed by atoms with Crippen LogP contribution in [0.1, 0.15) is 0 Å². The number of fused-ring (bicyclic) bond motifs is 2. The minimum absolute atomic E-state index is 0.0208. The number of hydrogen-bond donors (Lipinski definition) is 0.